The molecule has 3 aromatic rings. The fourth-order valence-corrected chi connectivity index (χ4v) is 2.70. The maximum absolute atomic E-state index is 12.4. The zero-order chi connectivity index (χ0) is 18.4. The summed E-state index contributed by atoms with van der Waals surface area (Å²) in [5.41, 5.74) is 2.03. The topological polar surface area (TPSA) is 56.1 Å². The van der Waals surface area contributed by atoms with Crippen LogP contribution in [-0.4, -0.2) is 21.6 Å². The molecule has 26 heavy (non-hydrogen) atoms. The largest absolute Gasteiger partial charge is 0.479 e. The van der Waals surface area contributed by atoms with E-state index >= 15 is 0 Å². The predicted molar refractivity (Wildman–Crippen MR) is 102 cm³/mol. The van der Waals surface area contributed by atoms with Gasteiger partial charge in [-0.15, -0.1) is 0 Å². The zero-order valence-electron chi connectivity index (χ0n) is 14.4. The molecule has 0 aliphatic heterocycles. The van der Waals surface area contributed by atoms with Gasteiger partial charge in [-0.2, -0.15) is 0 Å². The van der Waals surface area contributed by atoms with E-state index in [2.05, 4.69) is 10.3 Å². The molecule has 1 N–H and O–H groups in total. The Hall–Kier alpha value is -2.79. The zero-order valence-corrected chi connectivity index (χ0v) is 15.2. The third kappa shape index (κ3) is 4.43. The lowest BCUT2D eigenvalue weighted by molar-refractivity contribution is -0.128. The number of halogens is 1. The molecule has 0 saturated carbocycles. The van der Waals surface area contributed by atoms with Crippen molar-refractivity contribution in [3.8, 4) is 11.4 Å². The number of carbonyl (C=O) groups excluding carboxylic acids is 1. The Morgan fingerprint density at radius 1 is 1.23 bits per heavy atom. The molecule has 3 rings (SSSR count). The maximum atomic E-state index is 12.4. The summed E-state index contributed by atoms with van der Waals surface area (Å²) in [4.78, 5) is 16.5. The Balaban J connectivity index is 1.57. The first-order chi connectivity index (χ1) is 12.7. The minimum atomic E-state index is -0.583. The van der Waals surface area contributed by atoms with Gasteiger partial charge in [0.05, 0.1) is 11.3 Å². The fourth-order valence-electron chi connectivity index (χ4n) is 2.52. The van der Waals surface area contributed by atoms with Gasteiger partial charge in [0.1, 0.15) is 5.75 Å². The summed E-state index contributed by atoms with van der Waals surface area (Å²) < 4.78 is 7.68. The van der Waals surface area contributed by atoms with Gasteiger partial charge >= 0.3 is 0 Å². The normalized spacial score (nSPS) is 11.8. The number of rotatable bonds is 7. The van der Waals surface area contributed by atoms with Crippen LogP contribution in [0.3, 0.4) is 0 Å². The lowest BCUT2D eigenvalue weighted by Crippen LogP contribution is -2.37. The van der Waals surface area contributed by atoms with Crippen molar-refractivity contribution in [1.82, 2.24) is 14.9 Å². The monoisotopic (exact) mass is 369 g/mol. The van der Waals surface area contributed by atoms with E-state index in [1.54, 1.807) is 24.7 Å². The molecule has 0 aliphatic carbocycles. The minimum Gasteiger partial charge on any atom is -0.479 e. The van der Waals surface area contributed by atoms with E-state index in [0.717, 1.165) is 11.3 Å². The van der Waals surface area contributed by atoms with Crippen molar-refractivity contribution in [2.45, 2.75) is 26.0 Å². The van der Waals surface area contributed by atoms with Crippen LogP contribution in [0.4, 0.5) is 0 Å². The van der Waals surface area contributed by atoms with Crippen LogP contribution in [0.15, 0.2) is 67.3 Å². The van der Waals surface area contributed by atoms with Crippen molar-refractivity contribution in [2.75, 3.05) is 0 Å². The van der Waals surface area contributed by atoms with E-state index in [4.69, 9.17) is 16.3 Å². The summed E-state index contributed by atoms with van der Waals surface area (Å²) in [5.74, 6) is 0.354. The van der Waals surface area contributed by atoms with Crippen LogP contribution in [0.25, 0.3) is 5.69 Å². The molecule has 0 radical (unpaired) electrons. The number of para-hydroxylation sites is 1. The number of benzene rings is 2. The summed E-state index contributed by atoms with van der Waals surface area (Å²) >= 11 is 6.10. The molecular weight excluding hydrogens is 350 g/mol. The van der Waals surface area contributed by atoms with E-state index in [-0.39, 0.29) is 5.91 Å². The van der Waals surface area contributed by atoms with Gasteiger partial charge in [0.15, 0.2) is 6.10 Å². The highest BCUT2D eigenvalue weighted by Gasteiger charge is 2.19. The van der Waals surface area contributed by atoms with Crippen molar-refractivity contribution in [3.63, 3.8) is 0 Å². The van der Waals surface area contributed by atoms with Crippen molar-refractivity contribution >= 4 is 17.5 Å². The van der Waals surface area contributed by atoms with Crippen LogP contribution < -0.4 is 10.1 Å². The third-order valence-corrected chi connectivity index (χ3v) is 4.29. The highest BCUT2D eigenvalue weighted by Crippen LogP contribution is 2.24. The second-order valence-electron chi connectivity index (χ2n) is 5.80. The Labute approximate surface area is 157 Å². The maximum Gasteiger partial charge on any atom is 0.261 e. The average Bonchev–Trinajstić information content (AvgIpc) is 3.20. The molecule has 0 unspecified atom stereocenters. The molecule has 2 aromatic carbocycles. The standard InChI is InChI=1S/C20H20ClN3O2/c1-2-18(26-19-6-4-3-5-17(19)21)20(25)23-13-15-7-9-16(10-8-15)24-12-11-22-14-24/h3-12,14,18H,2,13H2,1H3,(H,23,25)/t18-/m1/s1. The Morgan fingerprint density at radius 2 is 2.00 bits per heavy atom. The molecule has 5 nitrogen and oxygen atoms in total. The number of carbonyl (C=O) groups is 1. The van der Waals surface area contributed by atoms with Crippen LogP contribution in [0.2, 0.25) is 5.02 Å². The minimum absolute atomic E-state index is 0.161. The van der Waals surface area contributed by atoms with Crippen LogP contribution >= 0.6 is 11.6 Å². The predicted octanol–water partition coefficient (Wildman–Crippen LogP) is 4.00. The van der Waals surface area contributed by atoms with Gasteiger partial charge in [-0.1, -0.05) is 42.8 Å². The lowest BCUT2D eigenvalue weighted by Gasteiger charge is -2.18. The Kier molecular flexibility index (Phi) is 5.92. The van der Waals surface area contributed by atoms with E-state index in [0.29, 0.717) is 23.7 Å². The molecule has 1 atom stereocenters. The summed E-state index contributed by atoms with van der Waals surface area (Å²) in [6.45, 7) is 2.34. The highest BCUT2D eigenvalue weighted by atomic mass is 35.5. The van der Waals surface area contributed by atoms with Gasteiger partial charge in [0.2, 0.25) is 0 Å². The van der Waals surface area contributed by atoms with Gasteiger partial charge in [-0.25, -0.2) is 4.98 Å². The van der Waals surface area contributed by atoms with Crippen LogP contribution in [-0.2, 0) is 11.3 Å². The number of nitrogens with one attached hydrogen (secondary N) is 1. The fraction of sp³-hybridized carbons (Fsp3) is 0.200. The summed E-state index contributed by atoms with van der Waals surface area (Å²) in [5, 5.41) is 3.41. The quantitative estimate of drug-likeness (QED) is 0.684. The number of nitrogens with zero attached hydrogens (tertiary/aromatic N) is 2. The summed E-state index contributed by atoms with van der Waals surface area (Å²) in [7, 11) is 0. The molecule has 1 amide bonds. The average molecular weight is 370 g/mol. The number of aromatic nitrogens is 2. The van der Waals surface area contributed by atoms with Crippen LogP contribution in [0, 0.1) is 0 Å². The number of amides is 1. The molecule has 6 heteroatoms. The molecule has 1 aromatic heterocycles. The van der Waals surface area contributed by atoms with Crippen LogP contribution in [0.1, 0.15) is 18.9 Å². The van der Waals surface area contributed by atoms with E-state index < -0.39 is 6.10 Å². The van der Waals surface area contributed by atoms with Gasteiger partial charge in [0.25, 0.3) is 5.91 Å². The molecule has 0 fully saturated rings. The van der Waals surface area contributed by atoms with Gasteiger partial charge in [0, 0.05) is 24.6 Å². The number of hydrogen-bond donors (Lipinski definition) is 1. The van der Waals surface area contributed by atoms with E-state index in [9.17, 15) is 4.79 Å². The number of imidazole rings is 1. The highest BCUT2D eigenvalue weighted by molar-refractivity contribution is 6.32. The summed E-state index contributed by atoms with van der Waals surface area (Å²) in [6, 6.07) is 15.1. The van der Waals surface area contributed by atoms with Crippen molar-refractivity contribution in [2.24, 2.45) is 0 Å². The van der Waals surface area contributed by atoms with Crippen LogP contribution in [0.5, 0.6) is 5.75 Å². The van der Waals surface area contributed by atoms with Crippen molar-refractivity contribution in [3.05, 3.63) is 77.8 Å². The lowest BCUT2D eigenvalue weighted by atomic mass is 10.2. The summed E-state index contributed by atoms with van der Waals surface area (Å²) in [6.07, 6.45) is 5.33. The third-order valence-electron chi connectivity index (χ3n) is 3.97. The molecule has 134 valence electrons. The Morgan fingerprint density at radius 3 is 2.65 bits per heavy atom. The smallest absolute Gasteiger partial charge is 0.261 e. The Bertz CT molecular complexity index is 848. The SMILES string of the molecule is CC[C@@H](Oc1ccccc1Cl)C(=O)NCc1ccc(-n2ccnc2)cc1. The van der Waals surface area contributed by atoms with Gasteiger partial charge < -0.3 is 14.6 Å². The molecule has 1 heterocycles. The van der Waals surface area contributed by atoms with Gasteiger partial charge in [-0.05, 0) is 36.2 Å². The number of hydrogen-bond acceptors (Lipinski definition) is 3. The first-order valence-electron chi connectivity index (χ1n) is 8.43. The van der Waals surface area contributed by atoms with Gasteiger partial charge in [-0.3, -0.25) is 4.79 Å². The first-order valence-corrected chi connectivity index (χ1v) is 8.81. The van der Waals surface area contributed by atoms with Crippen molar-refractivity contribution < 1.29 is 9.53 Å². The van der Waals surface area contributed by atoms with Crippen molar-refractivity contribution in [1.29, 1.82) is 0 Å². The molecule has 0 aliphatic rings. The second kappa shape index (κ2) is 8.54. The molecule has 0 bridgehead atoms. The molecule has 0 spiro atoms. The molecular formula is C20H20ClN3O2. The molecule has 0 saturated heterocycles. The number of ether oxygens (including phenoxy) is 1. The van der Waals surface area contributed by atoms with E-state index in [1.165, 1.54) is 0 Å². The first kappa shape index (κ1) is 18.0. The second-order valence-corrected chi connectivity index (χ2v) is 6.21. The van der Waals surface area contributed by atoms with E-state index in [1.807, 2.05) is 54.1 Å².